The number of aliphatic hydroxyl groups is 2. The molecule has 376 valence electrons. The van der Waals surface area contributed by atoms with Gasteiger partial charge in [-0.2, -0.15) is 0 Å². The number of rotatable bonds is 51. The summed E-state index contributed by atoms with van der Waals surface area (Å²) in [6.07, 6.45) is 62.0. The van der Waals surface area contributed by atoms with E-state index in [1.165, 1.54) is 173 Å². The summed E-state index contributed by atoms with van der Waals surface area (Å²) in [5.74, 6) is -0.495. The van der Waals surface area contributed by atoms with Crippen LogP contribution in [0.3, 0.4) is 0 Å². The van der Waals surface area contributed by atoms with Crippen molar-refractivity contribution in [2.75, 3.05) is 6.61 Å². The van der Waals surface area contributed by atoms with Gasteiger partial charge in [-0.05, 0) is 83.5 Å². The topological polar surface area (TPSA) is 95.9 Å². The standard InChI is InChI=1S/C58H109NO5/c1-4-7-10-13-16-19-22-25-28-30-32-35-38-41-44-47-50-56(61)55(53-60)59-57(62)52-54(49-46-43-40-37-34-31-29-26-23-20-17-14-11-8-5-2)64-58(63)51-48-45-42-39-36-33-27-24-21-18-15-12-9-6-3/h17,20,26,29,33,36,54-56,60-61H,4-16,18-19,21-25,27-28,30-32,34-35,37-53H2,1-3H3,(H,59,62)/b20-17-,29-26-,36-33-. The lowest BCUT2D eigenvalue weighted by Gasteiger charge is -2.24. The molecule has 0 aromatic rings. The van der Waals surface area contributed by atoms with Gasteiger partial charge >= 0.3 is 5.97 Å². The molecule has 0 aliphatic heterocycles. The van der Waals surface area contributed by atoms with Gasteiger partial charge in [-0.1, -0.05) is 237 Å². The van der Waals surface area contributed by atoms with Gasteiger partial charge in [0.2, 0.25) is 5.91 Å². The zero-order valence-corrected chi connectivity index (χ0v) is 42.9. The molecular weight excluding hydrogens is 791 g/mol. The Morgan fingerprint density at radius 2 is 0.797 bits per heavy atom. The molecule has 0 fully saturated rings. The number of carbonyl (C=O) groups excluding carboxylic acids is 2. The molecule has 0 radical (unpaired) electrons. The molecule has 0 spiro atoms. The van der Waals surface area contributed by atoms with Crippen molar-refractivity contribution in [1.29, 1.82) is 0 Å². The van der Waals surface area contributed by atoms with E-state index >= 15 is 0 Å². The van der Waals surface area contributed by atoms with E-state index in [9.17, 15) is 19.8 Å². The second-order valence-electron chi connectivity index (χ2n) is 19.3. The third-order valence-electron chi connectivity index (χ3n) is 12.9. The van der Waals surface area contributed by atoms with Gasteiger partial charge in [0.1, 0.15) is 6.10 Å². The van der Waals surface area contributed by atoms with Crippen molar-refractivity contribution in [3.63, 3.8) is 0 Å². The smallest absolute Gasteiger partial charge is 0.306 e. The molecule has 3 N–H and O–H groups in total. The van der Waals surface area contributed by atoms with Crippen molar-refractivity contribution in [2.24, 2.45) is 0 Å². The van der Waals surface area contributed by atoms with E-state index in [-0.39, 0.29) is 24.9 Å². The Morgan fingerprint density at radius 3 is 1.23 bits per heavy atom. The molecule has 0 aliphatic rings. The Bertz CT molecular complexity index is 1060. The summed E-state index contributed by atoms with van der Waals surface area (Å²) in [6, 6.07) is -0.708. The number of hydrogen-bond acceptors (Lipinski definition) is 5. The number of unbranched alkanes of at least 4 members (excludes halogenated alkanes) is 33. The van der Waals surface area contributed by atoms with Gasteiger partial charge < -0.3 is 20.3 Å². The highest BCUT2D eigenvalue weighted by atomic mass is 16.5. The molecule has 6 heteroatoms. The van der Waals surface area contributed by atoms with Gasteiger partial charge in [0.25, 0.3) is 0 Å². The van der Waals surface area contributed by atoms with Crippen molar-refractivity contribution in [3.05, 3.63) is 36.5 Å². The maximum atomic E-state index is 13.2. The van der Waals surface area contributed by atoms with Crippen LogP contribution in [0.25, 0.3) is 0 Å². The molecule has 0 heterocycles. The number of aliphatic hydroxyl groups excluding tert-OH is 2. The second kappa shape index (κ2) is 52.1. The summed E-state index contributed by atoms with van der Waals surface area (Å²) in [5, 5.41) is 23.9. The summed E-state index contributed by atoms with van der Waals surface area (Å²) < 4.78 is 5.94. The monoisotopic (exact) mass is 900 g/mol. The first-order valence-corrected chi connectivity index (χ1v) is 28.2. The quantitative estimate of drug-likeness (QED) is 0.0321. The van der Waals surface area contributed by atoms with Crippen molar-refractivity contribution in [1.82, 2.24) is 5.32 Å². The Hall–Kier alpha value is -1.92. The maximum Gasteiger partial charge on any atom is 0.306 e. The SMILES string of the molecule is CCCCC/C=C\C/C=C\CCCCCCCC(CC(=O)NC(CO)C(O)CCCCCCCCCCCCCCCCCC)OC(=O)CCCCC/C=C\CCCCCCCCC. The van der Waals surface area contributed by atoms with E-state index in [0.717, 1.165) is 77.0 Å². The number of esters is 1. The van der Waals surface area contributed by atoms with Gasteiger partial charge in [0, 0.05) is 6.42 Å². The molecule has 0 saturated heterocycles. The van der Waals surface area contributed by atoms with E-state index < -0.39 is 18.2 Å². The third-order valence-corrected chi connectivity index (χ3v) is 12.9. The van der Waals surface area contributed by atoms with Crippen molar-refractivity contribution >= 4 is 11.9 Å². The molecule has 3 atom stereocenters. The summed E-state index contributed by atoms with van der Waals surface area (Å²) in [6.45, 7) is 6.48. The van der Waals surface area contributed by atoms with Crippen LogP contribution in [0.4, 0.5) is 0 Å². The minimum Gasteiger partial charge on any atom is -0.462 e. The molecule has 0 saturated carbocycles. The van der Waals surface area contributed by atoms with Gasteiger partial charge in [-0.15, -0.1) is 0 Å². The molecule has 64 heavy (non-hydrogen) atoms. The fourth-order valence-electron chi connectivity index (χ4n) is 8.63. The van der Waals surface area contributed by atoms with Gasteiger partial charge in [-0.3, -0.25) is 9.59 Å². The molecule has 0 aromatic heterocycles. The van der Waals surface area contributed by atoms with E-state index in [0.29, 0.717) is 19.3 Å². The first-order chi connectivity index (χ1) is 31.5. The molecule has 0 bridgehead atoms. The van der Waals surface area contributed by atoms with Crippen molar-refractivity contribution in [3.8, 4) is 0 Å². The fourth-order valence-corrected chi connectivity index (χ4v) is 8.63. The van der Waals surface area contributed by atoms with Crippen LogP contribution in [-0.2, 0) is 14.3 Å². The van der Waals surface area contributed by atoms with Crippen LogP contribution >= 0.6 is 0 Å². The van der Waals surface area contributed by atoms with Crippen LogP contribution in [0.2, 0.25) is 0 Å². The van der Waals surface area contributed by atoms with Crippen molar-refractivity contribution < 1.29 is 24.5 Å². The highest BCUT2D eigenvalue weighted by molar-refractivity contribution is 5.77. The Kier molecular flexibility index (Phi) is 50.5. The minimum absolute atomic E-state index is 0.0649. The lowest BCUT2D eigenvalue weighted by atomic mass is 10.0. The normalized spacial score (nSPS) is 13.4. The zero-order valence-electron chi connectivity index (χ0n) is 42.9. The summed E-state index contributed by atoms with van der Waals surface area (Å²) in [7, 11) is 0. The van der Waals surface area contributed by atoms with Gasteiger partial charge in [0.05, 0.1) is 25.2 Å². The van der Waals surface area contributed by atoms with Crippen LogP contribution in [0.1, 0.15) is 297 Å². The number of amides is 1. The maximum absolute atomic E-state index is 13.2. The average Bonchev–Trinajstić information content (AvgIpc) is 3.29. The molecule has 1 amide bonds. The van der Waals surface area contributed by atoms with Crippen LogP contribution in [-0.4, -0.2) is 46.9 Å². The minimum atomic E-state index is -0.793. The van der Waals surface area contributed by atoms with E-state index in [2.05, 4.69) is 62.5 Å². The number of nitrogens with one attached hydrogen (secondary N) is 1. The van der Waals surface area contributed by atoms with Gasteiger partial charge in [-0.25, -0.2) is 0 Å². The number of allylic oxidation sites excluding steroid dienone is 6. The van der Waals surface area contributed by atoms with E-state index in [4.69, 9.17) is 4.74 Å². The van der Waals surface area contributed by atoms with Crippen molar-refractivity contribution in [2.45, 2.75) is 315 Å². The lowest BCUT2D eigenvalue weighted by molar-refractivity contribution is -0.151. The molecular formula is C58H109NO5. The van der Waals surface area contributed by atoms with Crippen LogP contribution in [0.15, 0.2) is 36.5 Å². The first-order valence-electron chi connectivity index (χ1n) is 28.2. The average molecular weight is 901 g/mol. The number of hydrogen-bond donors (Lipinski definition) is 3. The molecule has 0 aromatic carbocycles. The zero-order chi connectivity index (χ0) is 46.7. The number of carbonyl (C=O) groups is 2. The largest absolute Gasteiger partial charge is 0.462 e. The molecule has 0 rings (SSSR count). The predicted molar refractivity (Wildman–Crippen MR) is 278 cm³/mol. The second-order valence-corrected chi connectivity index (χ2v) is 19.3. The molecule has 0 aliphatic carbocycles. The Labute approximate surface area is 398 Å². The number of ether oxygens (including phenoxy) is 1. The van der Waals surface area contributed by atoms with Crippen LogP contribution in [0, 0.1) is 0 Å². The predicted octanol–water partition coefficient (Wildman–Crippen LogP) is 17.2. The summed E-state index contributed by atoms with van der Waals surface area (Å²) in [4.78, 5) is 26.2. The third kappa shape index (κ3) is 46.6. The van der Waals surface area contributed by atoms with Gasteiger partial charge in [0.15, 0.2) is 0 Å². The molecule has 3 unspecified atom stereocenters. The van der Waals surface area contributed by atoms with Crippen LogP contribution in [0.5, 0.6) is 0 Å². The van der Waals surface area contributed by atoms with Crippen LogP contribution < -0.4 is 5.32 Å². The Balaban J connectivity index is 4.57. The lowest BCUT2D eigenvalue weighted by Crippen LogP contribution is -2.46. The highest BCUT2D eigenvalue weighted by Crippen LogP contribution is 2.18. The van der Waals surface area contributed by atoms with E-state index in [1.54, 1.807) is 0 Å². The Morgan fingerprint density at radius 1 is 0.453 bits per heavy atom. The fraction of sp³-hybridized carbons (Fsp3) is 0.862. The molecule has 6 nitrogen and oxygen atoms in total. The highest BCUT2D eigenvalue weighted by Gasteiger charge is 2.24. The first kappa shape index (κ1) is 62.1. The summed E-state index contributed by atoms with van der Waals surface area (Å²) in [5.41, 5.74) is 0. The van der Waals surface area contributed by atoms with E-state index in [1.807, 2.05) is 0 Å². The summed E-state index contributed by atoms with van der Waals surface area (Å²) >= 11 is 0.